The van der Waals surface area contributed by atoms with Crippen LogP contribution in [0, 0.1) is 0 Å². The van der Waals surface area contributed by atoms with Gasteiger partial charge in [-0.25, -0.2) is 4.98 Å². The average molecular weight is 340 g/mol. The maximum absolute atomic E-state index is 11.4. The minimum absolute atomic E-state index is 0.170. The van der Waals surface area contributed by atoms with Crippen molar-refractivity contribution in [1.29, 1.82) is 0 Å². The molecule has 1 N–H and O–H groups in total. The van der Waals surface area contributed by atoms with Gasteiger partial charge in [-0.2, -0.15) is 4.98 Å². The molecule has 0 amide bonds. The Kier molecular flexibility index (Phi) is 5.75. The van der Waals surface area contributed by atoms with Crippen LogP contribution in [0.4, 0.5) is 5.82 Å². The van der Waals surface area contributed by atoms with Crippen LogP contribution in [0.15, 0.2) is 11.4 Å². The lowest BCUT2D eigenvalue weighted by molar-refractivity contribution is -0.117. The van der Waals surface area contributed by atoms with Crippen molar-refractivity contribution in [3.8, 4) is 0 Å². The first-order valence-corrected chi connectivity index (χ1v) is 8.87. The molecule has 0 spiro atoms. The van der Waals surface area contributed by atoms with Gasteiger partial charge >= 0.3 is 0 Å². The predicted molar refractivity (Wildman–Crippen MR) is 93.9 cm³/mol. The number of carbonyl (C=O) groups excluding carboxylic acids is 1. The molecule has 0 bridgehead atoms. The number of halogens is 1. The van der Waals surface area contributed by atoms with Crippen LogP contribution in [0.3, 0.4) is 0 Å². The molecule has 1 atom stereocenters. The molecule has 2 rings (SSSR count). The number of carbonyl (C=O) groups is 1. The van der Waals surface area contributed by atoms with Crippen molar-refractivity contribution < 1.29 is 4.79 Å². The number of rotatable bonds is 8. The van der Waals surface area contributed by atoms with Crippen LogP contribution in [0.25, 0.3) is 10.2 Å². The van der Waals surface area contributed by atoms with E-state index in [4.69, 9.17) is 11.6 Å². The maximum Gasteiger partial charge on any atom is 0.224 e. The van der Waals surface area contributed by atoms with Gasteiger partial charge in [-0.05, 0) is 49.7 Å². The van der Waals surface area contributed by atoms with Gasteiger partial charge in [0.05, 0.1) is 10.2 Å². The molecule has 120 valence electrons. The molecule has 0 aliphatic rings. The number of unbranched alkanes of at least 4 members (excludes halogenated alkanes) is 1. The number of ketones is 1. The smallest absolute Gasteiger partial charge is 0.224 e. The Bertz CT molecular complexity index is 658. The Labute approximate surface area is 140 Å². The number of fused-ring (bicyclic) bond motifs is 1. The lowest BCUT2D eigenvalue weighted by atomic mass is 9.89. The van der Waals surface area contributed by atoms with E-state index >= 15 is 0 Å². The average Bonchev–Trinajstić information content (AvgIpc) is 2.91. The summed E-state index contributed by atoms with van der Waals surface area (Å²) in [5.41, 5.74) is 0.688. The lowest BCUT2D eigenvalue weighted by Crippen LogP contribution is -2.35. The van der Waals surface area contributed by atoms with Gasteiger partial charge in [0.15, 0.2) is 0 Å². The van der Waals surface area contributed by atoms with E-state index in [2.05, 4.69) is 29.1 Å². The molecule has 2 aromatic heterocycles. The minimum atomic E-state index is -0.170. The summed E-state index contributed by atoms with van der Waals surface area (Å²) in [6.45, 7) is 5.96. The highest BCUT2D eigenvalue weighted by atomic mass is 35.5. The van der Waals surface area contributed by atoms with Crippen LogP contribution in [0.1, 0.15) is 52.9 Å². The van der Waals surface area contributed by atoms with Gasteiger partial charge in [-0.1, -0.05) is 19.8 Å². The van der Waals surface area contributed by atoms with E-state index < -0.39 is 0 Å². The molecule has 0 aromatic carbocycles. The third kappa shape index (κ3) is 4.40. The molecule has 0 unspecified atom stereocenters. The first-order valence-electron chi connectivity index (χ1n) is 7.62. The highest BCUT2D eigenvalue weighted by molar-refractivity contribution is 7.17. The van der Waals surface area contributed by atoms with Gasteiger partial charge in [0, 0.05) is 12.0 Å². The Morgan fingerprint density at radius 2 is 2.18 bits per heavy atom. The monoisotopic (exact) mass is 339 g/mol. The van der Waals surface area contributed by atoms with Crippen LogP contribution in [0.2, 0.25) is 5.28 Å². The maximum atomic E-state index is 11.4. The minimum Gasteiger partial charge on any atom is -0.364 e. The Morgan fingerprint density at radius 1 is 1.41 bits per heavy atom. The summed E-state index contributed by atoms with van der Waals surface area (Å²) in [5, 5.41) is 5.77. The molecule has 0 aliphatic heterocycles. The van der Waals surface area contributed by atoms with Gasteiger partial charge < -0.3 is 10.1 Å². The Morgan fingerprint density at radius 3 is 2.86 bits per heavy atom. The summed E-state index contributed by atoms with van der Waals surface area (Å²) in [6, 6.07) is 1.94. The van der Waals surface area contributed by atoms with E-state index in [0.717, 1.165) is 41.7 Å². The van der Waals surface area contributed by atoms with Crippen molar-refractivity contribution in [2.24, 2.45) is 0 Å². The number of nitrogens with zero attached hydrogens (tertiary/aromatic N) is 2. The molecule has 2 heterocycles. The summed E-state index contributed by atoms with van der Waals surface area (Å²) in [7, 11) is 0. The van der Waals surface area contributed by atoms with Gasteiger partial charge in [0.25, 0.3) is 0 Å². The molecular weight excluding hydrogens is 318 g/mol. The normalized spacial score (nSPS) is 14.0. The van der Waals surface area contributed by atoms with Crippen molar-refractivity contribution in [3.05, 3.63) is 16.7 Å². The molecular formula is C16H22ClN3OS. The summed E-state index contributed by atoms with van der Waals surface area (Å²) >= 11 is 7.63. The third-order valence-corrected chi connectivity index (χ3v) is 4.89. The quantitative estimate of drug-likeness (QED) is 0.682. The molecule has 6 heteroatoms. The molecule has 4 nitrogen and oxygen atoms in total. The Balaban J connectivity index is 2.27. The van der Waals surface area contributed by atoms with Gasteiger partial charge in [-0.3, -0.25) is 0 Å². The summed E-state index contributed by atoms with van der Waals surface area (Å²) in [5.74, 6) is 0.985. The van der Waals surface area contributed by atoms with E-state index in [1.165, 1.54) is 0 Å². The number of hydrogen-bond acceptors (Lipinski definition) is 5. The third-order valence-electron chi connectivity index (χ3n) is 3.81. The molecule has 2 aromatic rings. The fraction of sp³-hybridized carbons (Fsp3) is 0.562. The molecule has 0 saturated carbocycles. The van der Waals surface area contributed by atoms with Gasteiger partial charge in [0.2, 0.25) is 5.28 Å². The Hall–Kier alpha value is -1.20. The highest BCUT2D eigenvalue weighted by Gasteiger charge is 2.25. The van der Waals surface area contributed by atoms with E-state index in [1.54, 1.807) is 18.3 Å². The zero-order valence-electron chi connectivity index (χ0n) is 13.3. The highest BCUT2D eigenvalue weighted by Crippen LogP contribution is 2.32. The van der Waals surface area contributed by atoms with Crippen molar-refractivity contribution in [3.63, 3.8) is 0 Å². The molecule has 0 saturated heterocycles. The second-order valence-corrected chi connectivity index (χ2v) is 7.22. The fourth-order valence-electron chi connectivity index (χ4n) is 2.47. The standard InChI is InChI=1S/C16H22ClN3OS/c1-4-5-8-16(3,9-6-11(2)21)20-14-13-12(7-10-22-13)18-15(17)19-14/h7,10H,4-6,8-9H2,1-3H3,(H,18,19,20)/t16-/m1/s1. The number of hydrogen-bond donors (Lipinski definition) is 1. The van der Waals surface area contributed by atoms with Crippen LogP contribution in [-0.2, 0) is 4.79 Å². The van der Waals surface area contributed by atoms with Crippen molar-refractivity contribution in [2.45, 2.75) is 58.4 Å². The molecule has 0 radical (unpaired) electrons. The van der Waals surface area contributed by atoms with Gasteiger partial charge in [-0.15, -0.1) is 11.3 Å². The van der Waals surface area contributed by atoms with E-state index in [-0.39, 0.29) is 16.6 Å². The largest absolute Gasteiger partial charge is 0.364 e. The van der Waals surface area contributed by atoms with Crippen LogP contribution < -0.4 is 5.32 Å². The number of Topliss-reactive ketones (excluding diaryl/α,β-unsaturated/α-hetero) is 1. The SMILES string of the molecule is CCCC[C@](C)(CCC(C)=O)Nc1nc(Cl)nc2ccsc12. The van der Waals surface area contributed by atoms with Crippen LogP contribution in [0.5, 0.6) is 0 Å². The van der Waals surface area contributed by atoms with E-state index in [9.17, 15) is 4.79 Å². The topological polar surface area (TPSA) is 54.9 Å². The number of thiophene rings is 1. The zero-order valence-corrected chi connectivity index (χ0v) is 14.9. The van der Waals surface area contributed by atoms with Crippen molar-refractivity contribution >= 4 is 44.8 Å². The predicted octanol–water partition coefficient (Wildman–Crippen LogP) is 5.07. The van der Waals surface area contributed by atoms with E-state index in [0.29, 0.717) is 6.42 Å². The summed E-state index contributed by atoms with van der Waals surface area (Å²) in [4.78, 5) is 20.0. The van der Waals surface area contributed by atoms with Crippen LogP contribution >= 0.6 is 22.9 Å². The van der Waals surface area contributed by atoms with Crippen molar-refractivity contribution in [2.75, 3.05) is 5.32 Å². The molecule has 0 aliphatic carbocycles. The van der Waals surface area contributed by atoms with Crippen LogP contribution in [-0.4, -0.2) is 21.3 Å². The number of aromatic nitrogens is 2. The van der Waals surface area contributed by atoms with Gasteiger partial charge in [0.1, 0.15) is 11.6 Å². The number of anilines is 1. The summed E-state index contributed by atoms with van der Waals surface area (Å²) in [6.07, 6.45) is 4.58. The molecule has 0 fully saturated rings. The summed E-state index contributed by atoms with van der Waals surface area (Å²) < 4.78 is 1.01. The zero-order chi connectivity index (χ0) is 16.2. The number of nitrogens with one attached hydrogen (secondary N) is 1. The van der Waals surface area contributed by atoms with E-state index in [1.807, 2.05) is 11.4 Å². The molecule has 22 heavy (non-hydrogen) atoms. The first-order chi connectivity index (χ1) is 10.4. The fourth-order valence-corrected chi connectivity index (χ4v) is 3.43. The first kappa shape index (κ1) is 17.2. The van der Waals surface area contributed by atoms with Crippen molar-refractivity contribution in [1.82, 2.24) is 9.97 Å². The lowest BCUT2D eigenvalue weighted by Gasteiger charge is -2.31. The second-order valence-electron chi connectivity index (χ2n) is 5.97. The second kappa shape index (κ2) is 7.38.